The highest BCUT2D eigenvalue weighted by Gasteiger charge is 2.23. The molecule has 26 heavy (non-hydrogen) atoms. The molecule has 0 fully saturated rings. The molecule has 7 nitrogen and oxygen atoms in total. The second kappa shape index (κ2) is 6.25. The first-order valence-electron chi connectivity index (χ1n) is 8.43. The van der Waals surface area contributed by atoms with Crippen LogP contribution in [0.4, 0.5) is 0 Å². The molecule has 4 rings (SSSR count). The van der Waals surface area contributed by atoms with Crippen molar-refractivity contribution in [2.45, 2.75) is 33.1 Å². The number of hydrogen-bond acceptors (Lipinski definition) is 6. The van der Waals surface area contributed by atoms with E-state index in [1.807, 2.05) is 51.1 Å². The van der Waals surface area contributed by atoms with Crippen molar-refractivity contribution in [1.82, 2.24) is 20.3 Å². The SMILES string of the molecule is Cc1noc(C(C)C)c1-c1nnc(Cc2cc3ccccc3[nH]c2=O)o1. The smallest absolute Gasteiger partial charge is 0.253 e. The summed E-state index contributed by atoms with van der Waals surface area (Å²) in [7, 11) is 0. The molecule has 0 amide bonds. The molecule has 7 heteroatoms. The van der Waals surface area contributed by atoms with Gasteiger partial charge in [-0.15, -0.1) is 10.2 Å². The fourth-order valence-corrected chi connectivity index (χ4v) is 2.95. The predicted molar refractivity (Wildman–Crippen MR) is 96.0 cm³/mol. The molecule has 0 atom stereocenters. The average Bonchev–Trinajstić information content (AvgIpc) is 3.21. The first kappa shape index (κ1) is 16.3. The van der Waals surface area contributed by atoms with Gasteiger partial charge in [0.05, 0.1) is 12.1 Å². The van der Waals surface area contributed by atoms with Crippen LogP contribution >= 0.6 is 0 Å². The molecule has 3 aromatic heterocycles. The fourth-order valence-electron chi connectivity index (χ4n) is 2.95. The standard InChI is InChI=1S/C19H18N4O3/c1-10(2)17-16(11(3)23-26-17)19-22-21-15(25-19)9-13-8-12-6-4-5-7-14(12)20-18(13)24/h4-8,10H,9H2,1-3H3,(H,20,24). The van der Waals surface area contributed by atoms with Crippen molar-refractivity contribution < 1.29 is 8.94 Å². The number of benzene rings is 1. The minimum atomic E-state index is -0.160. The van der Waals surface area contributed by atoms with Crippen LogP contribution in [-0.2, 0) is 6.42 Å². The van der Waals surface area contributed by atoms with Crippen LogP contribution in [0, 0.1) is 6.92 Å². The summed E-state index contributed by atoms with van der Waals surface area (Å²) in [4.78, 5) is 15.2. The minimum absolute atomic E-state index is 0.143. The van der Waals surface area contributed by atoms with E-state index in [0.717, 1.165) is 16.5 Å². The summed E-state index contributed by atoms with van der Waals surface area (Å²) in [5, 5.41) is 13.2. The number of hydrogen-bond donors (Lipinski definition) is 1. The van der Waals surface area contributed by atoms with Crippen LogP contribution < -0.4 is 5.56 Å². The summed E-state index contributed by atoms with van der Waals surface area (Å²) in [6, 6.07) is 9.48. The zero-order chi connectivity index (χ0) is 18.3. The molecular weight excluding hydrogens is 332 g/mol. The van der Waals surface area contributed by atoms with Crippen LogP contribution in [0.2, 0.25) is 0 Å². The highest BCUT2D eigenvalue weighted by molar-refractivity contribution is 5.78. The molecule has 0 aliphatic heterocycles. The Morgan fingerprint density at radius 3 is 2.81 bits per heavy atom. The van der Waals surface area contributed by atoms with Gasteiger partial charge in [-0.05, 0) is 24.4 Å². The van der Waals surface area contributed by atoms with E-state index in [1.165, 1.54) is 0 Å². The Morgan fingerprint density at radius 1 is 1.19 bits per heavy atom. The molecular formula is C19H18N4O3. The molecule has 0 spiro atoms. The highest BCUT2D eigenvalue weighted by atomic mass is 16.5. The molecule has 0 aliphatic carbocycles. The van der Waals surface area contributed by atoms with E-state index in [2.05, 4.69) is 20.3 Å². The van der Waals surface area contributed by atoms with Crippen molar-refractivity contribution in [2.75, 3.05) is 0 Å². The monoisotopic (exact) mass is 350 g/mol. The lowest BCUT2D eigenvalue weighted by molar-refractivity contribution is 0.368. The van der Waals surface area contributed by atoms with Gasteiger partial charge in [0, 0.05) is 17.0 Å². The largest absolute Gasteiger partial charge is 0.420 e. The van der Waals surface area contributed by atoms with Gasteiger partial charge in [-0.3, -0.25) is 4.79 Å². The lowest BCUT2D eigenvalue weighted by Gasteiger charge is -2.01. The van der Waals surface area contributed by atoms with Crippen LogP contribution in [0.3, 0.4) is 0 Å². The Bertz CT molecular complexity index is 1140. The predicted octanol–water partition coefficient (Wildman–Crippen LogP) is 3.59. The second-order valence-electron chi connectivity index (χ2n) is 6.55. The Balaban J connectivity index is 1.69. The number of aryl methyl sites for hydroxylation is 1. The van der Waals surface area contributed by atoms with Gasteiger partial charge < -0.3 is 13.9 Å². The second-order valence-corrected chi connectivity index (χ2v) is 6.55. The maximum absolute atomic E-state index is 12.3. The van der Waals surface area contributed by atoms with Crippen molar-refractivity contribution in [3.63, 3.8) is 0 Å². The molecule has 0 unspecified atom stereocenters. The molecule has 1 N–H and O–H groups in total. The van der Waals surface area contributed by atoms with Crippen molar-refractivity contribution in [1.29, 1.82) is 0 Å². The van der Waals surface area contributed by atoms with Crippen LogP contribution in [-0.4, -0.2) is 20.3 Å². The van der Waals surface area contributed by atoms with Gasteiger partial charge in [0.2, 0.25) is 5.89 Å². The quantitative estimate of drug-likeness (QED) is 0.604. The van der Waals surface area contributed by atoms with Crippen LogP contribution in [0.5, 0.6) is 0 Å². The third kappa shape index (κ3) is 2.81. The Kier molecular flexibility index (Phi) is 3.91. The molecule has 1 aromatic carbocycles. The molecule has 0 saturated heterocycles. The molecule has 132 valence electrons. The summed E-state index contributed by atoms with van der Waals surface area (Å²) < 4.78 is 11.2. The number of H-pyrrole nitrogens is 1. The zero-order valence-electron chi connectivity index (χ0n) is 14.7. The molecule has 0 saturated carbocycles. The van der Waals surface area contributed by atoms with E-state index in [4.69, 9.17) is 8.94 Å². The normalized spacial score (nSPS) is 11.5. The van der Waals surface area contributed by atoms with Gasteiger partial charge >= 0.3 is 0 Å². The lowest BCUT2D eigenvalue weighted by atomic mass is 10.1. The number of fused-ring (bicyclic) bond motifs is 1. The van der Waals surface area contributed by atoms with Gasteiger partial charge in [0.25, 0.3) is 11.4 Å². The van der Waals surface area contributed by atoms with Crippen molar-refractivity contribution in [3.8, 4) is 11.5 Å². The lowest BCUT2D eigenvalue weighted by Crippen LogP contribution is -2.12. The Hall–Kier alpha value is -3.22. The topological polar surface area (TPSA) is 97.8 Å². The first-order valence-corrected chi connectivity index (χ1v) is 8.43. The van der Waals surface area contributed by atoms with Gasteiger partial charge in [-0.2, -0.15) is 0 Å². The van der Waals surface area contributed by atoms with E-state index >= 15 is 0 Å². The molecule has 0 aliphatic rings. The van der Waals surface area contributed by atoms with Crippen molar-refractivity contribution in [3.05, 3.63) is 63.6 Å². The number of aromatic amines is 1. The molecule has 3 heterocycles. The van der Waals surface area contributed by atoms with Crippen LogP contribution in [0.25, 0.3) is 22.4 Å². The van der Waals surface area contributed by atoms with Crippen LogP contribution in [0.15, 0.2) is 44.1 Å². The van der Waals surface area contributed by atoms with Gasteiger partial charge in [-0.1, -0.05) is 37.2 Å². The summed E-state index contributed by atoms with van der Waals surface area (Å²) in [6.45, 7) is 5.85. The van der Waals surface area contributed by atoms with Crippen LogP contribution in [0.1, 0.15) is 42.7 Å². The van der Waals surface area contributed by atoms with Gasteiger partial charge in [0.15, 0.2) is 5.76 Å². The summed E-state index contributed by atoms with van der Waals surface area (Å²) in [5.41, 5.74) is 2.64. The average molecular weight is 350 g/mol. The van der Waals surface area contributed by atoms with Crippen molar-refractivity contribution >= 4 is 10.9 Å². The Morgan fingerprint density at radius 2 is 2.00 bits per heavy atom. The fraction of sp³-hybridized carbons (Fsp3) is 0.263. The third-order valence-corrected chi connectivity index (χ3v) is 4.27. The van der Waals surface area contributed by atoms with Gasteiger partial charge in [-0.25, -0.2) is 0 Å². The maximum atomic E-state index is 12.3. The minimum Gasteiger partial charge on any atom is -0.420 e. The first-order chi connectivity index (χ1) is 12.5. The highest BCUT2D eigenvalue weighted by Crippen LogP contribution is 2.31. The summed E-state index contributed by atoms with van der Waals surface area (Å²) in [5.74, 6) is 1.59. The number of rotatable bonds is 4. The van der Waals surface area contributed by atoms with E-state index < -0.39 is 0 Å². The van der Waals surface area contributed by atoms with Gasteiger partial charge in [0.1, 0.15) is 5.56 Å². The summed E-state index contributed by atoms with van der Waals surface area (Å²) >= 11 is 0. The molecule has 0 bridgehead atoms. The number of para-hydroxylation sites is 1. The zero-order valence-corrected chi connectivity index (χ0v) is 14.7. The number of nitrogens with zero attached hydrogens (tertiary/aromatic N) is 3. The number of pyridine rings is 1. The molecule has 0 radical (unpaired) electrons. The summed E-state index contributed by atoms with van der Waals surface area (Å²) in [6.07, 6.45) is 0.258. The third-order valence-electron chi connectivity index (χ3n) is 4.27. The van der Waals surface area contributed by atoms with E-state index in [0.29, 0.717) is 28.8 Å². The maximum Gasteiger partial charge on any atom is 0.253 e. The van der Waals surface area contributed by atoms with E-state index in [1.54, 1.807) is 0 Å². The Labute approximate surface area is 149 Å². The number of aromatic nitrogens is 4. The number of nitrogens with one attached hydrogen (secondary N) is 1. The van der Waals surface area contributed by atoms with E-state index in [9.17, 15) is 4.79 Å². The molecule has 4 aromatic rings. The van der Waals surface area contributed by atoms with Crippen molar-refractivity contribution in [2.24, 2.45) is 0 Å². The van der Waals surface area contributed by atoms with E-state index in [-0.39, 0.29) is 17.9 Å².